The normalized spacial score (nSPS) is 27.0. The minimum absolute atomic E-state index is 0.00619. The first-order chi connectivity index (χ1) is 15.7. The molecule has 1 fully saturated rings. The zero-order valence-electron chi connectivity index (χ0n) is 21.1. The highest BCUT2D eigenvalue weighted by Gasteiger charge is 2.21. The first-order valence-corrected chi connectivity index (χ1v) is 8.70. The third-order valence-electron chi connectivity index (χ3n) is 3.59. The Morgan fingerprint density at radius 1 is 1.42 bits per heavy atom. The maximum Gasteiger partial charge on any atom is 0.162 e. The number of thiophene rings is 1. The molecule has 1 aromatic carbocycles. The molecule has 2 aromatic heterocycles. The number of hydrogen-bond acceptors (Lipinski definition) is 5. The molecule has 1 N–H and O–H groups in total. The van der Waals surface area contributed by atoms with Gasteiger partial charge >= 0.3 is 0 Å². The van der Waals surface area contributed by atoms with Crippen LogP contribution in [0.5, 0.6) is 0 Å². The Hall–Kier alpha value is -1.83. The van der Waals surface area contributed by atoms with E-state index in [0.717, 1.165) is 40.8 Å². The number of rotatable bonds is 4. The zero-order chi connectivity index (χ0) is 25.2. The third kappa shape index (κ3) is 3.79. The van der Waals surface area contributed by atoms with Crippen LogP contribution in [-0.2, 0) is 6.52 Å². The summed E-state index contributed by atoms with van der Waals surface area (Å²) in [6.07, 6.45) is -4.46. The summed E-state index contributed by atoms with van der Waals surface area (Å²) in [5.41, 5.74) is -0.0185. The molecule has 0 bridgehead atoms. The van der Waals surface area contributed by atoms with E-state index in [-0.39, 0.29) is 32.0 Å². The van der Waals surface area contributed by atoms with Crippen LogP contribution in [0.4, 0.5) is 14.6 Å². The lowest BCUT2D eigenvalue weighted by molar-refractivity contribution is 0.211. The van der Waals surface area contributed by atoms with E-state index >= 15 is 0 Å². The number of halogens is 3. The molecule has 1 aliphatic heterocycles. The van der Waals surface area contributed by atoms with Gasteiger partial charge in [0.2, 0.25) is 0 Å². The van der Waals surface area contributed by atoms with Gasteiger partial charge in [-0.1, -0.05) is 17.7 Å². The van der Waals surface area contributed by atoms with Crippen LogP contribution in [0.1, 0.15) is 27.9 Å². The molecule has 3 heterocycles. The zero-order valence-corrected chi connectivity index (χ0v) is 14.7. The van der Waals surface area contributed by atoms with Gasteiger partial charge in [0, 0.05) is 32.5 Å². The Bertz CT molecular complexity index is 1240. The maximum atomic E-state index is 13.7. The van der Waals surface area contributed by atoms with Crippen LogP contribution >= 0.6 is 22.9 Å². The number of fused-ring (bicyclic) bond motifs is 1. The molecule has 0 saturated carbocycles. The minimum atomic E-state index is -2.87. The molecule has 0 spiro atoms. The van der Waals surface area contributed by atoms with Crippen molar-refractivity contribution < 1.29 is 19.8 Å². The minimum Gasteiger partial charge on any atom is -0.367 e. The molecule has 0 amide bonds. The summed E-state index contributed by atoms with van der Waals surface area (Å²) < 4.78 is 95.2. The van der Waals surface area contributed by atoms with E-state index in [2.05, 4.69) is 9.97 Å². The number of aromatic nitrogens is 2. The van der Waals surface area contributed by atoms with Crippen molar-refractivity contribution in [2.45, 2.75) is 25.3 Å². The van der Waals surface area contributed by atoms with Crippen LogP contribution in [0.25, 0.3) is 10.2 Å². The fraction of sp³-hybridized carbons (Fsp3) is 0.333. The van der Waals surface area contributed by atoms with E-state index in [1.165, 1.54) is 0 Å². The topological polar surface area (TPSA) is 41.1 Å². The van der Waals surface area contributed by atoms with Gasteiger partial charge in [-0.2, -0.15) is 0 Å². The molecule has 1 aliphatic rings. The summed E-state index contributed by atoms with van der Waals surface area (Å²) in [4.78, 5) is 9.19. The van der Waals surface area contributed by atoms with Crippen molar-refractivity contribution >= 4 is 39.0 Å². The fourth-order valence-corrected chi connectivity index (χ4v) is 3.37. The molecule has 1 atom stereocenters. The van der Waals surface area contributed by atoms with E-state index in [9.17, 15) is 8.78 Å². The van der Waals surface area contributed by atoms with Gasteiger partial charge in [-0.15, -0.1) is 11.3 Å². The average molecular weight is 403 g/mol. The van der Waals surface area contributed by atoms with Gasteiger partial charge in [-0.05, 0) is 36.5 Å². The van der Waals surface area contributed by atoms with Gasteiger partial charge in [0.1, 0.15) is 17.0 Å². The van der Waals surface area contributed by atoms with E-state index in [1.807, 2.05) is 0 Å². The molecule has 8 heteroatoms. The second-order valence-corrected chi connectivity index (χ2v) is 7.00. The third-order valence-corrected chi connectivity index (χ3v) is 4.70. The largest absolute Gasteiger partial charge is 0.367 e. The Kier molecular flexibility index (Phi) is 2.99. The lowest BCUT2D eigenvalue weighted by atomic mass is 10.0. The van der Waals surface area contributed by atoms with Gasteiger partial charge < -0.3 is 5.31 Å². The van der Waals surface area contributed by atoms with Gasteiger partial charge in [-0.25, -0.2) is 18.7 Å². The first kappa shape index (κ1) is 10.5. The fourth-order valence-electron chi connectivity index (χ4n) is 2.39. The predicted molar refractivity (Wildman–Crippen MR) is 101 cm³/mol. The molecule has 1 saturated heterocycles. The molecule has 136 valence electrons. The van der Waals surface area contributed by atoms with Crippen molar-refractivity contribution in [1.82, 2.24) is 14.9 Å². The number of likely N-dealkylation sites (tertiary alicyclic amines) is 1. The van der Waals surface area contributed by atoms with Crippen LogP contribution in [0.2, 0.25) is 5.75 Å². The lowest BCUT2D eigenvalue weighted by Gasteiger charge is -2.32. The Morgan fingerprint density at radius 2 is 2.23 bits per heavy atom. The van der Waals surface area contributed by atoms with Gasteiger partial charge in [0.15, 0.2) is 13.0 Å². The van der Waals surface area contributed by atoms with Crippen LogP contribution in [0.3, 0.4) is 0 Å². The molecule has 4 nitrogen and oxygen atoms in total. The molecule has 3 aromatic rings. The summed E-state index contributed by atoms with van der Waals surface area (Å²) in [7, 11) is 0. The van der Waals surface area contributed by atoms with Gasteiger partial charge in [0.25, 0.3) is 0 Å². The summed E-state index contributed by atoms with van der Waals surface area (Å²) >= 11 is 6.94. The van der Waals surface area contributed by atoms with Crippen molar-refractivity contribution in [3.63, 3.8) is 0 Å². The lowest BCUT2D eigenvalue weighted by Crippen LogP contribution is -2.38. The first-order valence-electron chi connectivity index (χ1n) is 11.5. The van der Waals surface area contributed by atoms with E-state index in [1.54, 1.807) is 0 Å². The van der Waals surface area contributed by atoms with E-state index in [0.29, 0.717) is 5.31 Å². The molecule has 26 heavy (non-hydrogen) atoms. The average Bonchev–Trinajstić information content (AvgIpc) is 3.06. The predicted octanol–water partition coefficient (Wildman–Crippen LogP) is 4.70. The SMILES string of the molecule is [2H]c1c(Cl)sc2ncnc(N([2H])C3([2H])C([2H])([2H])CN(C([2H])c4ccc(F)c(F)c4)CC3([2H])[2H])c12. The Balaban J connectivity index is 1.74. The van der Waals surface area contributed by atoms with Crippen molar-refractivity contribution in [1.29, 1.82) is 0 Å². The van der Waals surface area contributed by atoms with Crippen LogP contribution in [0, 0.1) is 11.6 Å². The number of nitrogens with one attached hydrogen (secondary N) is 1. The smallest absolute Gasteiger partial charge is 0.162 e. The van der Waals surface area contributed by atoms with Crippen molar-refractivity contribution in [2.75, 3.05) is 18.4 Å². The molecular weight excluding hydrogens is 378 g/mol. The van der Waals surface area contributed by atoms with Crippen molar-refractivity contribution in [3.8, 4) is 0 Å². The van der Waals surface area contributed by atoms with Crippen LogP contribution < -0.4 is 5.31 Å². The Morgan fingerprint density at radius 3 is 3.00 bits per heavy atom. The molecule has 4 rings (SSSR count). The second kappa shape index (κ2) is 7.42. The number of nitrogens with zero attached hydrogens (tertiary/aromatic N) is 3. The van der Waals surface area contributed by atoms with Gasteiger partial charge in [-0.3, -0.25) is 4.90 Å². The monoisotopic (exact) mass is 402 g/mol. The highest BCUT2D eigenvalue weighted by Crippen LogP contribution is 2.32. The number of anilines is 1. The molecular formula is C18H17ClF2N4S. The number of piperidine rings is 1. The van der Waals surface area contributed by atoms with Crippen molar-refractivity contribution in [2.24, 2.45) is 0 Å². The van der Waals surface area contributed by atoms with Gasteiger partial charge in [0.05, 0.1) is 12.5 Å². The highest BCUT2D eigenvalue weighted by molar-refractivity contribution is 7.22. The summed E-state index contributed by atoms with van der Waals surface area (Å²) in [6.45, 7) is -2.78. The summed E-state index contributed by atoms with van der Waals surface area (Å²) in [5, 5.41) is 0.291. The Labute approximate surface area is 170 Å². The van der Waals surface area contributed by atoms with Crippen LogP contribution in [-0.4, -0.2) is 34.0 Å². The standard InChI is InChI=1S/C18H17ClF2N4S/c19-16-8-13-17(22-10-23-18(13)26-16)24-12-3-5-25(6-4-12)9-11-1-2-14(20)15(21)7-11/h1-2,7-8,10,12H,3-6,9H2,(H,22,23,24)/i3D2,4D2,8D,9D,12D/hD. The van der Waals surface area contributed by atoms with Crippen molar-refractivity contribution in [3.05, 3.63) is 52.1 Å². The molecule has 0 radical (unpaired) electrons. The van der Waals surface area contributed by atoms with E-state index < -0.39 is 50.0 Å². The second-order valence-electron chi connectivity index (χ2n) is 5.40. The maximum absolute atomic E-state index is 13.7. The molecule has 1 unspecified atom stereocenters. The molecule has 0 aliphatic carbocycles. The van der Waals surface area contributed by atoms with Crippen LogP contribution in [0.15, 0.2) is 30.6 Å². The quantitative estimate of drug-likeness (QED) is 0.686. The van der Waals surface area contributed by atoms with E-state index in [4.69, 9.17) is 22.6 Å². The number of benzene rings is 1. The summed E-state index contributed by atoms with van der Waals surface area (Å²) in [5.74, 6) is -2.66. The highest BCUT2D eigenvalue weighted by atomic mass is 35.5. The number of hydrogen-bond donors (Lipinski definition) is 1. The summed E-state index contributed by atoms with van der Waals surface area (Å²) in [6, 6.07) is -0.336.